The van der Waals surface area contributed by atoms with Crippen LogP contribution >= 0.6 is 15.9 Å². The molecule has 4 aromatic rings. The first kappa shape index (κ1) is 28.2. The van der Waals surface area contributed by atoms with Crippen molar-refractivity contribution in [2.75, 3.05) is 19.0 Å². The summed E-state index contributed by atoms with van der Waals surface area (Å²) in [6.07, 6.45) is 0. The summed E-state index contributed by atoms with van der Waals surface area (Å²) in [7, 11) is -2.24. The van der Waals surface area contributed by atoms with E-state index in [2.05, 4.69) is 26.0 Å². The maximum Gasteiger partial charge on any atom is 0.241 e. The Bertz CT molecular complexity index is 1530. The van der Waals surface area contributed by atoms with Crippen molar-refractivity contribution in [1.82, 2.24) is 4.72 Å². The summed E-state index contributed by atoms with van der Waals surface area (Å²) in [5.74, 6) is 1.06. The van der Waals surface area contributed by atoms with Gasteiger partial charge in [-0.2, -0.15) is 0 Å². The van der Waals surface area contributed by atoms with Crippen molar-refractivity contribution in [3.05, 3.63) is 118 Å². The van der Waals surface area contributed by atoms with E-state index in [1.165, 1.54) is 6.07 Å². The number of benzene rings is 4. The fraction of sp³-hybridized carbons (Fsp3) is 0.138. The lowest BCUT2D eigenvalue weighted by molar-refractivity contribution is 0.284. The molecule has 0 heterocycles. The molecule has 0 bridgehead atoms. The van der Waals surface area contributed by atoms with E-state index in [1.807, 2.05) is 48.5 Å². The van der Waals surface area contributed by atoms with E-state index < -0.39 is 16.1 Å². The van der Waals surface area contributed by atoms with E-state index in [0.717, 1.165) is 16.8 Å². The fourth-order valence-electron chi connectivity index (χ4n) is 3.89. The van der Waals surface area contributed by atoms with Gasteiger partial charge < -0.3 is 20.5 Å². The van der Waals surface area contributed by atoms with E-state index in [0.29, 0.717) is 28.1 Å². The summed E-state index contributed by atoms with van der Waals surface area (Å²) in [4.78, 5) is 0.150. The van der Waals surface area contributed by atoms with Crippen LogP contribution in [0.1, 0.15) is 22.7 Å². The molecule has 1 atom stereocenters. The SMILES string of the molecule is COc1cc(C(CNS(=O)(=O)c2ccccc2Br)Nc2ccc(C(=N)N)cc2)ccc1OCc1ccccc1. The minimum atomic E-state index is -3.80. The van der Waals surface area contributed by atoms with Crippen LogP contribution in [0.25, 0.3) is 0 Å². The summed E-state index contributed by atoms with van der Waals surface area (Å²) < 4.78 is 41.0. The van der Waals surface area contributed by atoms with Gasteiger partial charge >= 0.3 is 0 Å². The third-order valence-corrected chi connectivity index (χ3v) is 8.40. The van der Waals surface area contributed by atoms with Crippen molar-refractivity contribution in [3.63, 3.8) is 0 Å². The quantitative estimate of drug-likeness (QED) is 0.125. The molecule has 0 saturated carbocycles. The number of nitrogen functional groups attached to an aromatic ring is 1. The molecule has 4 rings (SSSR count). The van der Waals surface area contributed by atoms with Crippen LogP contribution < -0.4 is 25.2 Å². The van der Waals surface area contributed by atoms with Crippen molar-refractivity contribution in [2.45, 2.75) is 17.5 Å². The molecule has 0 aliphatic heterocycles. The molecular weight excluding hydrogens is 580 g/mol. The van der Waals surface area contributed by atoms with Gasteiger partial charge in [-0.1, -0.05) is 48.5 Å². The molecule has 8 nitrogen and oxygen atoms in total. The Morgan fingerprint density at radius 2 is 1.64 bits per heavy atom. The van der Waals surface area contributed by atoms with Gasteiger partial charge in [0.15, 0.2) is 11.5 Å². The van der Waals surface area contributed by atoms with Crippen molar-refractivity contribution in [3.8, 4) is 11.5 Å². The molecule has 0 saturated heterocycles. The van der Waals surface area contributed by atoms with Gasteiger partial charge in [0.05, 0.1) is 18.0 Å². The number of sulfonamides is 1. The lowest BCUT2D eigenvalue weighted by Crippen LogP contribution is -2.31. The predicted molar refractivity (Wildman–Crippen MR) is 157 cm³/mol. The normalized spacial score (nSPS) is 11.9. The Balaban J connectivity index is 1.60. The van der Waals surface area contributed by atoms with Crippen LogP contribution in [-0.4, -0.2) is 27.9 Å². The first-order chi connectivity index (χ1) is 18.8. The molecule has 10 heteroatoms. The molecule has 39 heavy (non-hydrogen) atoms. The third kappa shape index (κ3) is 7.38. The maximum atomic E-state index is 13.1. The number of rotatable bonds is 12. The molecule has 0 fully saturated rings. The topological polar surface area (TPSA) is 127 Å². The number of amidine groups is 1. The van der Waals surface area contributed by atoms with E-state index in [4.69, 9.17) is 20.6 Å². The molecule has 1 unspecified atom stereocenters. The van der Waals surface area contributed by atoms with Crippen LogP contribution in [0, 0.1) is 5.41 Å². The van der Waals surface area contributed by atoms with Crippen molar-refractivity contribution >= 4 is 37.5 Å². The second-order valence-electron chi connectivity index (χ2n) is 8.65. The van der Waals surface area contributed by atoms with E-state index in [1.54, 1.807) is 49.6 Å². The fourth-order valence-corrected chi connectivity index (χ4v) is 5.94. The van der Waals surface area contributed by atoms with Crippen LogP contribution in [0.5, 0.6) is 11.5 Å². The van der Waals surface area contributed by atoms with Crippen LogP contribution in [-0.2, 0) is 16.6 Å². The van der Waals surface area contributed by atoms with E-state index in [9.17, 15) is 8.42 Å². The van der Waals surface area contributed by atoms with Crippen molar-refractivity contribution in [2.24, 2.45) is 5.73 Å². The number of halogens is 1. The zero-order valence-electron chi connectivity index (χ0n) is 21.2. The van der Waals surface area contributed by atoms with Gasteiger partial charge in [0.25, 0.3) is 0 Å². The van der Waals surface area contributed by atoms with Crippen molar-refractivity contribution < 1.29 is 17.9 Å². The summed E-state index contributed by atoms with van der Waals surface area (Å²) in [6.45, 7) is 0.429. The molecule has 0 aromatic heterocycles. The average molecular weight is 610 g/mol. The standard InChI is InChI=1S/C29H29BrN4O4S/c1-37-27-17-22(13-16-26(27)38-19-20-7-3-2-4-8-20)25(34-23-14-11-21(12-15-23)29(31)32)18-33-39(35,36)28-10-6-5-9-24(28)30/h2-17,25,33-34H,18-19H2,1H3,(H3,31,32). The highest BCUT2D eigenvalue weighted by molar-refractivity contribution is 9.10. The van der Waals surface area contributed by atoms with Crippen molar-refractivity contribution in [1.29, 1.82) is 5.41 Å². The summed E-state index contributed by atoms with van der Waals surface area (Å²) in [5.41, 5.74) is 8.71. The highest BCUT2D eigenvalue weighted by Gasteiger charge is 2.21. The van der Waals surface area contributed by atoms with E-state index in [-0.39, 0.29) is 17.3 Å². The number of nitrogens with two attached hydrogens (primary N) is 1. The molecule has 5 N–H and O–H groups in total. The highest BCUT2D eigenvalue weighted by atomic mass is 79.9. The minimum Gasteiger partial charge on any atom is -0.493 e. The zero-order chi connectivity index (χ0) is 27.8. The molecule has 0 amide bonds. The number of methoxy groups -OCH3 is 1. The molecule has 4 aromatic carbocycles. The van der Waals surface area contributed by atoms with Gasteiger partial charge in [-0.05, 0) is 75.6 Å². The monoisotopic (exact) mass is 608 g/mol. The first-order valence-electron chi connectivity index (χ1n) is 12.1. The lowest BCUT2D eigenvalue weighted by Gasteiger charge is -2.23. The number of ether oxygens (including phenoxy) is 2. The Labute approximate surface area is 236 Å². The number of hydrogen-bond donors (Lipinski definition) is 4. The Kier molecular flexibility index (Phi) is 9.23. The number of hydrogen-bond acceptors (Lipinski definition) is 6. The smallest absolute Gasteiger partial charge is 0.241 e. The summed E-state index contributed by atoms with van der Waals surface area (Å²) in [5, 5.41) is 11.0. The minimum absolute atomic E-state index is 0.0323. The van der Waals surface area contributed by atoms with Crippen LogP contribution in [0.15, 0.2) is 106 Å². The summed E-state index contributed by atoms with van der Waals surface area (Å²) in [6, 6.07) is 28.5. The van der Waals surface area contributed by atoms with Gasteiger partial charge in [-0.3, -0.25) is 5.41 Å². The maximum absolute atomic E-state index is 13.1. The molecule has 202 valence electrons. The van der Waals surface area contributed by atoms with Gasteiger partial charge in [-0.15, -0.1) is 0 Å². The van der Waals surface area contributed by atoms with Crippen LogP contribution in [0.4, 0.5) is 5.69 Å². The Morgan fingerprint density at radius 3 is 2.31 bits per heavy atom. The lowest BCUT2D eigenvalue weighted by atomic mass is 10.1. The first-order valence-corrected chi connectivity index (χ1v) is 14.3. The molecular formula is C29H29BrN4O4S. The van der Waals surface area contributed by atoms with Crippen LogP contribution in [0.2, 0.25) is 0 Å². The van der Waals surface area contributed by atoms with Gasteiger partial charge in [-0.25, -0.2) is 13.1 Å². The van der Waals surface area contributed by atoms with E-state index >= 15 is 0 Å². The van der Waals surface area contributed by atoms with Gasteiger partial charge in [0.1, 0.15) is 12.4 Å². The Hall–Kier alpha value is -3.86. The molecule has 0 radical (unpaired) electrons. The van der Waals surface area contributed by atoms with Crippen LogP contribution in [0.3, 0.4) is 0 Å². The second kappa shape index (κ2) is 12.8. The molecule has 0 aliphatic carbocycles. The molecule has 0 aliphatic rings. The number of anilines is 1. The summed E-state index contributed by atoms with van der Waals surface area (Å²) >= 11 is 3.32. The number of nitrogens with one attached hydrogen (secondary N) is 3. The van der Waals surface area contributed by atoms with Gasteiger partial charge in [0, 0.05) is 22.3 Å². The largest absolute Gasteiger partial charge is 0.493 e. The third-order valence-electron chi connectivity index (χ3n) is 5.97. The molecule has 0 spiro atoms. The predicted octanol–water partition coefficient (Wildman–Crippen LogP) is 5.45. The average Bonchev–Trinajstić information content (AvgIpc) is 2.95. The zero-order valence-corrected chi connectivity index (χ0v) is 23.6. The highest BCUT2D eigenvalue weighted by Crippen LogP contribution is 2.32. The van der Waals surface area contributed by atoms with Gasteiger partial charge in [0.2, 0.25) is 10.0 Å². The Morgan fingerprint density at radius 1 is 0.949 bits per heavy atom. The second-order valence-corrected chi connectivity index (χ2v) is 11.2.